The number of fused-ring (bicyclic) bond motifs is 2. The lowest BCUT2D eigenvalue weighted by molar-refractivity contribution is -0.126. The van der Waals surface area contributed by atoms with Crippen LogP contribution in [-0.2, 0) is 16.6 Å². The summed E-state index contributed by atoms with van der Waals surface area (Å²) in [5.74, 6) is -0.893. The SMILES string of the molecule is Cn1nc(C(=O)NNC(=O)[C@H]2CC(=O)N(c3ccc4c(c3)OCCO4)C2)c2ccccc2c1=O. The van der Waals surface area contributed by atoms with Gasteiger partial charge in [-0.2, -0.15) is 5.10 Å². The number of hydrogen-bond donors (Lipinski definition) is 2. The number of aryl methyl sites for hydroxylation is 1. The van der Waals surface area contributed by atoms with Gasteiger partial charge in [0.05, 0.1) is 11.3 Å². The zero-order chi connectivity index (χ0) is 23.8. The Hall–Kier alpha value is -4.41. The van der Waals surface area contributed by atoms with Crippen molar-refractivity contribution in [1.29, 1.82) is 0 Å². The predicted octanol–water partition coefficient (Wildman–Crippen LogP) is 0.519. The molecule has 2 N–H and O–H groups in total. The van der Waals surface area contributed by atoms with Crippen LogP contribution < -0.4 is 30.8 Å². The summed E-state index contributed by atoms with van der Waals surface area (Å²) in [6, 6.07) is 11.8. The molecule has 11 heteroatoms. The topological polar surface area (TPSA) is 132 Å². The van der Waals surface area contributed by atoms with Crippen molar-refractivity contribution in [3.63, 3.8) is 0 Å². The van der Waals surface area contributed by atoms with Gasteiger partial charge in [-0.1, -0.05) is 18.2 Å². The molecule has 0 aliphatic carbocycles. The van der Waals surface area contributed by atoms with Gasteiger partial charge < -0.3 is 14.4 Å². The molecule has 1 fully saturated rings. The van der Waals surface area contributed by atoms with E-state index in [1.54, 1.807) is 42.5 Å². The van der Waals surface area contributed by atoms with E-state index in [4.69, 9.17) is 9.47 Å². The summed E-state index contributed by atoms with van der Waals surface area (Å²) in [5.41, 5.74) is 4.99. The molecule has 1 saturated heterocycles. The van der Waals surface area contributed by atoms with Crippen molar-refractivity contribution >= 4 is 34.2 Å². The fraction of sp³-hybridized carbons (Fsp3) is 0.261. The Morgan fingerprint density at radius 2 is 1.74 bits per heavy atom. The molecule has 11 nitrogen and oxygen atoms in total. The summed E-state index contributed by atoms with van der Waals surface area (Å²) >= 11 is 0. The van der Waals surface area contributed by atoms with E-state index < -0.39 is 17.7 Å². The summed E-state index contributed by atoms with van der Waals surface area (Å²) in [5, 5.41) is 4.75. The summed E-state index contributed by atoms with van der Waals surface area (Å²) < 4.78 is 12.1. The highest BCUT2D eigenvalue weighted by Gasteiger charge is 2.36. The van der Waals surface area contributed by atoms with E-state index in [-0.39, 0.29) is 30.1 Å². The molecular weight excluding hydrogens is 442 g/mol. The average Bonchev–Trinajstić information content (AvgIpc) is 3.26. The third kappa shape index (κ3) is 3.81. The molecule has 1 atom stereocenters. The van der Waals surface area contributed by atoms with Crippen molar-refractivity contribution in [3.05, 3.63) is 58.5 Å². The summed E-state index contributed by atoms with van der Waals surface area (Å²) in [6.45, 7) is 1.05. The van der Waals surface area contributed by atoms with Crippen LogP contribution in [0.3, 0.4) is 0 Å². The molecule has 1 aromatic heterocycles. The van der Waals surface area contributed by atoms with Gasteiger partial charge >= 0.3 is 0 Å². The van der Waals surface area contributed by atoms with E-state index in [9.17, 15) is 19.2 Å². The highest BCUT2D eigenvalue weighted by Crippen LogP contribution is 2.35. The normalized spacial score (nSPS) is 17.0. The van der Waals surface area contributed by atoms with E-state index in [0.29, 0.717) is 41.2 Å². The number of benzene rings is 2. The Bertz CT molecular complexity index is 1380. The first kappa shape index (κ1) is 21.4. The zero-order valence-corrected chi connectivity index (χ0v) is 18.2. The number of ether oxygens (including phenoxy) is 2. The number of rotatable bonds is 3. The Labute approximate surface area is 193 Å². The Morgan fingerprint density at radius 1 is 1.00 bits per heavy atom. The molecule has 0 saturated carbocycles. The predicted molar refractivity (Wildman–Crippen MR) is 120 cm³/mol. The zero-order valence-electron chi connectivity index (χ0n) is 18.2. The van der Waals surface area contributed by atoms with Gasteiger partial charge in [0.2, 0.25) is 11.8 Å². The third-order valence-corrected chi connectivity index (χ3v) is 5.80. The average molecular weight is 463 g/mol. The lowest BCUT2D eigenvalue weighted by Gasteiger charge is -2.22. The molecule has 34 heavy (non-hydrogen) atoms. The molecular formula is C23H21N5O6. The van der Waals surface area contributed by atoms with Crippen molar-refractivity contribution in [3.8, 4) is 11.5 Å². The highest BCUT2D eigenvalue weighted by molar-refractivity contribution is 6.06. The minimum Gasteiger partial charge on any atom is -0.486 e. The van der Waals surface area contributed by atoms with Crippen LogP contribution in [0.15, 0.2) is 47.3 Å². The van der Waals surface area contributed by atoms with Crippen LogP contribution in [0.25, 0.3) is 10.8 Å². The molecule has 0 radical (unpaired) electrons. The van der Waals surface area contributed by atoms with E-state index in [2.05, 4.69) is 16.0 Å². The fourth-order valence-corrected chi connectivity index (χ4v) is 4.08. The quantitative estimate of drug-likeness (QED) is 0.541. The largest absolute Gasteiger partial charge is 0.486 e. The van der Waals surface area contributed by atoms with E-state index >= 15 is 0 Å². The van der Waals surface area contributed by atoms with Crippen LogP contribution in [0, 0.1) is 5.92 Å². The molecule has 5 rings (SSSR count). The van der Waals surface area contributed by atoms with Crippen molar-refractivity contribution in [2.45, 2.75) is 6.42 Å². The molecule has 0 spiro atoms. The first-order valence-corrected chi connectivity index (χ1v) is 10.7. The van der Waals surface area contributed by atoms with Gasteiger partial charge in [0, 0.05) is 37.2 Å². The minimum absolute atomic E-state index is 0.00148. The van der Waals surface area contributed by atoms with Crippen molar-refractivity contribution in [1.82, 2.24) is 20.6 Å². The number of aromatic nitrogens is 2. The highest BCUT2D eigenvalue weighted by atomic mass is 16.6. The maximum atomic E-state index is 12.7. The van der Waals surface area contributed by atoms with Crippen LogP contribution in [0.1, 0.15) is 16.9 Å². The van der Waals surface area contributed by atoms with Crippen molar-refractivity contribution in [2.75, 3.05) is 24.7 Å². The van der Waals surface area contributed by atoms with Gasteiger partial charge in [-0.25, -0.2) is 4.68 Å². The van der Waals surface area contributed by atoms with Crippen LogP contribution in [0.2, 0.25) is 0 Å². The molecule has 0 unspecified atom stereocenters. The van der Waals surface area contributed by atoms with Gasteiger partial charge in [0.15, 0.2) is 17.2 Å². The summed E-state index contributed by atoms with van der Waals surface area (Å²) in [4.78, 5) is 51.7. The fourth-order valence-electron chi connectivity index (χ4n) is 4.08. The number of hydrazine groups is 1. The van der Waals surface area contributed by atoms with Gasteiger partial charge in [-0.3, -0.25) is 30.0 Å². The lowest BCUT2D eigenvalue weighted by Crippen LogP contribution is -2.45. The van der Waals surface area contributed by atoms with E-state index in [1.807, 2.05) is 0 Å². The van der Waals surface area contributed by atoms with Gasteiger partial charge in [0.25, 0.3) is 11.5 Å². The van der Waals surface area contributed by atoms with E-state index in [0.717, 1.165) is 4.68 Å². The molecule has 3 amide bonds. The second kappa shape index (κ2) is 8.50. The van der Waals surface area contributed by atoms with E-state index in [1.165, 1.54) is 11.9 Å². The van der Waals surface area contributed by atoms with Gasteiger partial charge in [-0.15, -0.1) is 0 Å². The molecule has 2 aliphatic heterocycles. The van der Waals surface area contributed by atoms with Crippen molar-refractivity contribution in [2.24, 2.45) is 13.0 Å². The number of nitrogens with one attached hydrogen (secondary N) is 2. The molecule has 3 heterocycles. The number of carbonyl (C=O) groups excluding carboxylic acids is 3. The molecule has 174 valence electrons. The second-order valence-corrected chi connectivity index (χ2v) is 8.00. The molecule has 2 aliphatic rings. The van der Waals surface area contributed by atoms with Gasteiger partial charge in [-0.05, 0) is 18.2 Å². The number of hydrogen-bond acceptors (Lipinski definition) is 7. The summed E-state index contributed by atoms with van der Waals surface area (Å²) in [7, 11) is 1.45. The van der Waals surface area contributed by atoms with Crippen LogP contribution >= 0.6 is 0 Å². The number of anilines is 1. The second-order valence-electron chi connectivity index (χ2n) is 8.00. The Kier molecular flexibility index (Phi) is 5.36. The monoisotopic (exact) mass is 463 g/mol. The summed E-state index contributed by atoms with van der Waals surface area (Å²) in [6.07, 6.45) is -0.00281. The first-order valence-electron chi connectivity index (χ1n) is 10.7. The van der Waals surface area contributed by atoms with Crippen LogP contribution in [0.4, 0.5) is 5.69 Å². The molecule has 3 aromatic rings. The van der Waals surface area contributed by atoms with Gasteiger partial charge in [0.1, 0.15) is 13.2 Å². The number of amides is 3. The minimum atomic E-state index is -0.673. The Morgan fingerprint density at radius 3 is 2.53 bits per heavy atom. The smallest absolute Gasteiger partial charge is 0.290 e. The maximum absolute atomic E-state index is 12.7. The molecule has 2 aromatic carbocycles. The molecule has 0 bridgehead atoms. The third-order valence-electron chi connectivity index (χ3n) is 5.80. The van der Waals surface area contributed by atoms with Crippen LogP contribution in [0.5, 0.6) is 11.5 Å². The Balaban J connectivity index is 1.27. The maximum Gasteiger partial charge on any atom is 0.290 e. The van der Waals surface area contributed by atoms with Crippen molar-refractivity contribution < 1.29 is 23.9 Å². The number of nitrogens with zero attached hydrogens (tertiary/aromatic N) is 3. The number of carbonyl (C=O) groups is 3. The standard InChI is InChI=1S/C23H21N5O6/c1-27-23(32)16-5-3-2-4-15(16)20(26-27)22(31)25-24-21(30)13-10-19(29)28(12-13)14-6-7-17-18(11-14)34-9-8-33-17/h2-7,11,13H,8-10,12H2,1H3,(H,24,30)(H,25,31)/t13-/m0/s1. The first-order chi connectivity index (χ1) is 16.4. The lowest BCUT2D eigenvalue weighted by atomic mass is 10.1. The van der Waals surface area contributed by atoms with Crippen LogP contribution in [-0.4, -0.2) is 47.3 Å².